The van der Waals surface area contributed by atoms with E-state index in [4.69, 9.17) is 16.7 Å². The molecule has 1 aliphatic heterocycles. The highest BCUT2D eigenvalue weighted by atomic mass is 35.5. The summed E-state index contributed by atoms with van der Waals surface area (Å²) in [4.78, 5) is 0. The number of hydrogen-bond donors (Lipinski definition) is 2. The SMILES string of the molecule is Oc1cnn(C2CCNC2)c1Cl. The Kier molecular flexibility index (Phi) is 1.94. The van der Waals surface area contributed by atoms with Crippen molar-refractivity contribution in [2.24, 2.45) is 0 Å². The molecule has 1 saturated heterocycles. The lowest BCUT2D eigenvalue weighted by molar-refractivity contribution is 0.464. The van der Waals surface area contributed by atoms with Crippen LogP contribution in [0, 0.1) is 0 Å². The van der Waals surface area contributed by atoms with Gasteiger partial charge in [0.05, 0.1) is 12.2 Å². The summed E-state index contributed by atoms with van der Waals surface area (Å²) in [5, 5.41) is 16.7. The Hall–Kier alpha value is -0.740. The highest BCUT2D eigenvalue weighted by Crippen LogP contribution is 2.27. The fraction of sp³-hybridized carbons (Fsp3) is 0.571. The average Bonchev–Trinajstić information content (AvgIpc) is 2.64. The van der Waals surface area contributed by atoms with Gasteiger partial charge in [0.25, 0.3) is 0 Å². The van der Waals surface area contributed by atoms with Gasteiger partial charge in [-0.15, -0.1) is 0 Å². The van der Waals surface area contributed by atoms with Gasteiger partial charge in [-0.2, -0.15) is 5.10 Å². The zero-order valence-electron chi connectivity index (χ0n) is 6.50. The molecular formula is C7H10ClN3O. The summed E-state index contributed by atoms with van der Waals surface area (Å²) in [6, 6.07) is 0.290. The number of aromatic hydroxyl groups is 1. The van der Waals surface area contributed by atoms with Gasteiger partial charge in [-0.3, -0.25) is 0 Å². The van der Waals surface area contributed by atoms with Crippen LogP contribution in [-0.4, -0.2) is 28.0 Å². The second-order valence-electron chi connectivity index (χ2n) is 2.91. The maximum absolute atomic E-state index is 9.16. The Balaban J connectivity index is 2.26. The van der Waals surface area contributed by atoms with Crippen LogP contribution in [0.15, 0.2) is 6.20 Å². The summed E-state index contributed by atoms with van der Waals surface area (Å²) in [5.41, 5.74) is 0. The van der Waals surface area contributed by atoms with Crippen LogP contribution in [0.2, 0.25) is 5.15 Å². The fourth-order valence-electron chi connectivity index (χ4n) is 1.44. The van der Waals surface area contributed by atoms with Crippen LogP contribution in [0.5, 0.6) is 5.75 Å². The zero-order chi connectivity index (χ0) is 8.55. The van der Waals surface area contributed by atoms with Crippen LogP contribution in [0.3, 0.4) is 0 Å². The molecule has 5 heteroatoms. The standard InChI is InChI=1S/C7H10ClN3O/c8-7-6(12)4-10-11(7)5-1-2-9-3-5/h4-5,9,12H,1-3H2. The number of aromatic nitrogens is 2. The van der Waals surface area contributed by atoms with Crippen LogP contribution in [0.4, 0.5) is 0 Å². The van der Waals surface area contributed by atoms with E-state index in [-0.39, 0.29) is 5.75 Å². The fourth-order valence-corrected chi connectivity index (χ4v) is 1.67. The van der Waals surface area contributed by atoms with Crippen molar-refractivity contribution in [1.82, 2.24) is 15.1 Å². The number of rotatable bonds is 1. The lowest BCUT2D eigenvalue weighted by Crippen LogP contribution is -2.14. The topological polar surface area (TPSA) is 50.1 Å². The third-order valence-electron chi connectivity index (χ3n) is 2.10. The number of halogens is 1. The van der Waals surface area contributed by atoms with E-state index in [0.29, 0.717) is 11.2 Å². The summed E-state index contributed by atoms with van der Waals surface area (Å²) in [5.74, 6) is 0.0589. The monoisotopic (exact) mass is 187 g/mol. The molecule has 1 unspecified atom stereocenters. The zero-order valence-corrected chi connectivity index (χ0v) is 7.25. The largest absolute Gasteiger partial charge is 0.504 e. The van der Waals surface area contributed by atoms with Crippen molar-refractivity contribution in [3.8, 4) is 5.75 Å². The minimum Gasteiger partial charge on any atom is -0.504 e. The number of hydrogen-bond acceptors (Lipinski definition) is 3. The molecule has 4 nitrogen and oxygen atoms in total. The van der Waals surface area contributed by atoms with Gasteiger partial charge in [0, 0.05) is 6.54 Å². The second-order valence-corrected chi connectivity index (χ2v) is 3.27. The van der Waals surface area contributed by atoms with Crippen molar-refractivity contribution in [2.45, 2.75) is 12.5 Å². The molecule has 2 rings (SSSR count). The van der Waals surface area contributed by atoms with Crippen LogP contribution in [0.25, 0.3) is 0 Å². The van der Waals surface area contributed by atoms with E-state index < -0.39 is 0 Å². The average molecular weight is 188 g/mol. The van der Waals surface area contributed by atoms with Gasteiger partial charge in [0.15, 0.2) is 10.9 Å². The molecule has 1 aromatic rings. The van der Waals surface area contributed by atoms with E-state index in [2.05, 4.69) is 10.4 Å². The minimum atomic E-state index is 0.0589. The predicted molar refractivity (Wildman–Crippen MR) is 45.4 cm³/mol. The lowest BCUT2D eigenvalue weighted by atomic mass is 10.3. The normalized spacial score (nSPS) is 23.2. The molecule has 2 heterocycles. The molecule has 0 saturated carbocycles. The summed E-state index contributed by atoms with van der Waals surface area (Å²) >= 11 is 5.81. The molecular weight excluding hydrogens is 178 g/mol. The smallest absolute Gasteiger partial charge is 0.173 e. The van der Waals surface area contributed by atoms with E-state index in [1.165, 1.54) is 6.20 Å². The number of nitrogens with zero attached hydrogens (tertiary/aromatic N) is 2. The van der Waals surface area contributed by atoms with Gasteiger partial charge in [-0.25, -0.2) is 4.68 Å². The third kappa shape index (κ3) is 1.17. The van der Waals surface area contributed by atoms with Gasteiger partial charge in [0.1, 0.15) is 0 Å². The highest BCUT2D eigenvalue weighted by Gasteiger charge is 2.20. The molecule has 0 aliphatic carbocycles. The third-order valence-corrected chi connectivity index (χ3v) is 2.46. The maximum atomic E-state index is 9.16. The first kappa shape index (κ1) is 7.89. The highest BCUT2D eigenvalue weighted by molar-refractivity contribution is 6.30. The molecule has 1 aromatic heterocycles. The van der Waals surface area contributed by atoms with Crippen LogP contribution in [0.1, 0.15) is 12.5 Å². The molecule has 1 atom stereocenters. The van der Waals surface area contributed by atoms with E-state index in [1.807, 2.05) is 0 Å². The number of nitrogens with one attached hydrogen (secondary N) is 1. The molecule has 0 amide bonds. The van der Waals surface area contributed by atoms with E-state index >= 15 is 0 Å². The molecule has 0 bridgehead atoms. The van der Waals surface area contributed by atoms with Crippen molar-refractivity contribution >= 4 is 11.6 Å². The summed E-state index contributed by atoms with van der Waals surface area (Å²) < 4.78 is 1.66. The summed E-state index contributed by atoms with van der Waals surface area (Å²) in [6.07, 6.45) is 2.39. The molecule has 1 fully saturated rings. The molecule has 66 valence electrons. The second kappa shape index (κ2) is 2.95. The molecule has 12 heavy (non-hydrogen) atoms. The summed E-state index contributed by atoms with van der Waals surface area (Å²) in [6.45, 7) is 1.86. The maximum Gasteiger partial charge on any atom is 0.173 e. The Morgan fingerprint density at radius 2 is 2.58 bits per heavy atom. The Labute approximate surface area is 75.1 Å². The van der Waals surface area contributed by atoms with Crippen molar-refractivity contribution in [3.05, 3.63) is 11.3 Å². The predicted octanol–water partition coefficient (Wildman–Crippen LogP) is 0.776. The van der Waals surface area contributed by atoms with Crippen LogP contribution >= 0.6 is 11.6 Å². The van der Waals surface area contributed by atoms with Crippen molar-refractivity contribution in [1.29, 1.82) is 0 Å². The molecule has 0 spiro atoms. The first-order valence-electron chi connectivity index (χ1n) is 3.91. The molecule has 2 N–H and O–H groups in total. The molecule has 0 radical (unpaired) electrons. The van der Waals surface area contributed by atoms with Gasteiger partial charge < -0.3 is 10.4 Å². The van der Waals surface area contributed by atoms with Crippen molar-refractivity contribution in [3.63, 3.8) is 0 Å². The van der Waals surface area contributed by atoms with E-state index in [9.17, 15) is 0 Å². The van der Waals surface area contributed by atoms with Crippen LogP contribution in [-0.2, 0) is 0 Å². The quantitative estimate of drug-likeness (QED) is 0.683. The molecule has 1 aliphatic rings. The Morgan fingerprint density at radius 3 is 3.08 bits per heavy atom. The van der Waals surface area contributed by atoms with Gasteiger partial charge >= 0.3 is 0 Å². The van der Waals surface area contributed by atoms with Gasteiger partial charge in [0.2, 0.25) is 0 Å². The minimum absolute atomic E-state index is 0.0589. The van der Waals surface area contributed by atoms with E-state index in [1.54, 1.807) is 4.68 Å². The van der Waals surface area contributed by atoms with Crippen molar-refractivity contribution < 1.29 is 5.11 Å². The van der Waals surface area contributed by atoms with Gasteiger partial charge in [-0.1, -0.05) is 11.6 Å². The first-order chi connectivity index (χ1) is 5.79. The van der Waals surface area contributed by atoms with E-state index in [0.717, 1.165) is 19.5 Å². The van der Waals surface area contributed by atoms with Gasteiger partial charge in [-0.05, 0) is 13.0 Å². The first-order valence-corrected chi connectivity index (χ1v) is 4.29. The van der Waals surface area contributed by atoms with Crippen molar-refractivity contribution in [2.75, 3.05) is 13.1 Å². The Bertz CT molecular complexity index is 280. The molecule has 0 aromatic carbocycles. The summed E-state index contributed by atoms with van der Waals surface area (Å²) in [7, 11) is 0. The van der Waals surface area contributed by atoms with Crippen LogP contribution < -0.4 is 5.32 Å². The Morgan fingerprint density at radius 1 is 1.75 bits per heavy atom. The lowest BCUT2D eigenvalue weighted by Gasteiger charge is -2.09.